The number of amides is 1. The molecule has 4 heteroatoms. The highest BCUT2D eigenvalue weighted by Gasteiger charge is 2.49. The van der Waals surface area contributed by atoms with Crippen molar-refractivity contribution in [1.82, 2.24) is 0 Å². The van der Waals surface area contributed by atoms with Crippen LogP contribution in [0.2, 0.25) is 0 Å². The molecule has 0 saturated heterocycles. The summed E-state index contributed by atoms with van der Waals surface area (Å²) in [5.41, 5.74) is 2.41. The molecule has 1 aliphatic heterocycles. The number of anilines is 1. The van der Waals surface area contributed by atoms with Crippen molar-refractivity contribution in [1.29, 1.82) is 0 Å². The number of hydrogen-bond acceptors (Lipinski definition) is 2. The predicted molar refractivity (Wildman–Crippen MR) is 74.1 cm³/mol. The SMILES string of the molecule is CC1(C)CC1C(Br)c1ccc2c(c1)NC(=O)CO2. The minimum absolute atomic E-state index is 0.0856. The fourth-order valence-corrected chi connectivity index (χ4v) is 3.70. The fourth-order valence-electron chi connectivity index (χ4n) is 2.51. The second-order valence-corrected chi connectivity index (χ2v) is 6.78. The number of halogens is 1. The van der Waals surface area contributed by atoms with Gasteiger partial charge in [-0.15, -0.1) is 0 Å². The van der Waals surface area contributed by atoms with Gasteiger partial charge in [0.05, 0.1) is 5.69 Å². The van der Waals surface area contributed by atoms with Gasteiger partial charge in [0.1, 0.15) is 5.75 Å². The molecule has 2 atom stereocenters. The minimum Gasteiger partial charge on any atom is -0.482 e. The highest BCUT2D eigenvalue weighted by atomic mass is 79.9. The molecule has 3 nitrogen and oxygen atoms in total. The molecule has 1 aromatic rings. The number of nitrogens with one attached hydrogen (secondary N) is 1. The normalized spacial score (nSPS) is 25.7. The number of benzene rings is 1. The third-order valence-electron chi connectivity index (χ3n) is 3.90. The van der Waals surface area contributed by atoms with E-state index in [0.717, 1.165) is 11.4 Å². The van der Waals surface area contributed by atoms with E-state index in [2.05, 4.69) is 41.2 Å². The molecule has 1 heterocycles. The molecule has 0 spiro atoms. The van der Waals surface area contributed by atoms with E-state index in [0.29, 0.717) is 16.2 Å². The standard InChI is InChI=1S/C14H16BrNO2/c1-14(2)6-9(14)13(15)8-3-4-11-10(5-8)16-12(17)7-18-11/h3-5,9,13H,6-7H2,1-2H3,(H,16,17). The van der Waals surface area contributed by atoms with Crippen molar-refractivity contribution in [3.8, 4) is 5.75 Å². The summed E-state index contributed by atoms with van der Waals surface area (Å²) in [4.78, 5) is 11.7. The molecule has 2 unspecified atom stereocenters. The molecule has 1 saturated carbocycles. The fraction of sp³-hybridized carbons (Fsp3) is 0.500. The van der Waals surface area contributed by atoms with Crippen LogP contribution in [-0.4, -0.2) is 12.5 Å². The van der Waals surface area contributed by atoms with Gasteiger partial charge in [0, 0.05) is 4.83 Å². The van der Waals surface area contributed by atoms with Crippen LogP contribution in [0.15, 0.2) is 18.2 Å². The van der Waals surface area contributed by atoms with Crippen LogP contribution >= 0.6 is 15.9 Å². The lowest BCUT2D eigenvalue weighted by molar-refractivity contribution is -0.118. The van der Waals surface area contributed by atoms with Crippen molar-refractivity contribution in [2.75, 3.05) is 11.9 Å². The Labute approximate surface area is 115 Å². The molecule has 1 aromatic carbocycles. The lowest BCUT2D eigenvalue weighted by atomic mass is 10.0. The van der Waals surface area contributed by atoms with Crippen molar-refractivity contribution < 1.29 is 9.53 Å². The first kappa shape index (κ1) is 12.0. The number of rotatable bonds is 2. The first-order valence-electron chi connectivity index (χ1n) is 6.18. The van der Waals surface area contributed by atoms with Crippen molar-refractivity contribution in [3.63, 3.8) is 0 Å². The summed E-state index contributed by atoms with van der Waals surface area (Å²) in [5.74, 6) is 1.33. The molecule has 96 valence electrons. The number of hydrogen-bond donors (Lipinski definition) is 1. The highest BCUT2D eigenvalue weighted by molar-refractivity contribution is 9.09. The number of ether oxygens (including phenoxy) is 1. The van der Waals surface area contributed by atoms with E-state index >= 15 is 0 Å². The van der Waals surface area contributed by atoms with Crippen LogP contribution in [0.25, 0.3) is 0 Å². The van der Waals surface area contributed by atoms with Gasteiger partial charge in [-0.25, -0.2) is 0 Å². The number of carbonyl (C=O) groups is 1. The van der Waals surface area contributed by atoms with Gasteiger partial charge in [0.2, 0.25) is 0 Å². The van der Waals surface area contributed by atoms with Gasteiger partial charge >= 0.3 is 0 Å². The third kappa shape index (κ3) is 2.03. The molecule has 2 aliphatic rings. The minimum atomic E-state index is -0.0856. The van der Waals surface area contributed by atoms with Gasteiger partial charge in [-0.2, -0.15) is 0 Å². The molecule has 18 heavy (non-hydrogen) atoms. The number of carbonyl (C=O) groups excluding carboxylic acids is 1. The predicted octanol–water partition coefficient (Wildman–Crippen LogP) is 3.50. The van der Waals surface area contributed by atoms with Crippen LogP contribution in [-0.2, 0) is 4.79 Å². The van der Waals surface area contributed by atoms with Crippen molar-refractivity contribution in [2.45, 2.75) is 25.1 Å². The van der Waals surface area contributed by atoms with Crippen molar-refractivity contribution in [3.05, 3.63) is 23.8 Å². The lowest BCUT2D eigenvalue weighted by Gasteiger charge is -2.20. The van der Waals surface area contributed by atoms with E-state index in [1.807, 2.05) is 12.1 Å². The maximum Gasteiger partial charge on any atom is 0.262 e. The summed E-state index contributed by atoms with van der Waals surface area (Å²) in [6.07, 6.45) is 1.24. The Balaban J connectivity index is 1.86. The van der Waals surface area contributed by atoms with Gasteiger partial charge in [-0.05, 0) is 35.4 Å². The maximum absolute atomic E-state index is 11.3. The molecule has 1 aliphatic carbocycles. The van der Waals surface area contributed by atoms with Crippen LogP contribution in [0.1, 0.15) is 30.7 Å². The van der Waals surface area contributed by atoms with Crippen molar-refractivity contribution >= 4 is 27.5 Å². The Bertz CT molecular complexity index is 513. The Kier molecular flexibility index (Phi) is 2.66. The van der Waals surface area contributed by atoms with E-state index in [4.69, 9.17) is 4.74 Å². The van der Waals surface area contributed by atoms with Crippen LogP contribution in [0.3, 0.4) is 0 Å². The van der Waals surface area contributed by atoms with Crippen LogP contribution < -0.4 is 10.1 Å². The van der Waals surface area contributed by atoms with Gasteiger partial charge in [-0.3, -0.25) is 4.79 Å². The quantitative estimate of drug-likeness (QED) is 0.849. The van der Waals surface area contributed by atoms with E-state index in [9.17, 15) is 4.79 Å². The summed E-state index contributed by atoms with van der Waals surface area (Å²) in [5, 5.41) is 2.85. The summed E-state index contributed by atoms with van der Waals surface area (Å²) in [6.45, 7) is 4.68. The molecule has 0 bridgehead atoms. The Morgan fingerprint density at radius 3 is 2.89 bits per heavy atom. The average molecular weight is 310 g/mol. The maximum atomic E-state index is 11.3. The zero-order chi connectivity index (χ0) is 12.9. The number of fused-ring (bicyclic) bond motifs is 1. The van der Waals surface area contributed by atoms with E-state index < -0.39 is 0 Å². The zero-order valence-corrected chi connectivity index (χ0v) is 12.1. The van der Waals surface area contributed by atoms with Gasteiger partial charge in [0.15, 0.2) is 6.61 Å². The van der Waals surface area contributed by atoms with Gasteiger partial charge in [-0.1, -0.05) is 35.8 Å². The molecular formula is C14H16BrNO2. The molecule has 0 aromatic heterocycles. The topological polar surface area (TPSA) is 38.3 Å². The molecule has 3 rings (SSSR count). The highest BCUT2D eigenvalue weighted by Crippen LogP contribution is 2.60. The van der Waals surface area contributed by atoms with E-state index in [1.165, 1.54) is 12.0 Å². The Hall–Kier alpha value is -1.03. The molecule has 1 amide bonds. The molecular weight excluding hydrogens is 294 g/mol. The van der Waals surface area contributed by atoms with Crippen LogP contribution in [0.5, 0.6) is 5.75 Å². The first-order valence-corrected chi connectivity index (χ1v) is 7.09. The van der Waals surface area contributed by atoms with Gasteiger partial charge in [0.25, 0.3) is 5.91 Å². The number of alkyl halides is 1. The van der Waals surface area contributed by atoms with Gasteiger partial charge < -0.3 is 10.1 Å². The second-order valence-electron chi connectivity index (χ2n) is 5.79. The smallest absolute Gasteiger partial charge is 0.262 e. The van der Waals surface area contributed by atoms with E-state index in [-0.39, 0.29) is 12.5 Å². The summed E-state index contributed by atoms with van der Waals surface area (Å²) in [7, 11) is 0. The molecule has 0 radical (unpaired) electrons. The van der Waals surface area contributed by atoms with Crippen LogP contribution in [0.4, 0.5) is 5.69 Å². The van der Waals surface area contributed by atoms with Crippen molar-refractivity contribution in [2.24, 2.45) is 11.3 Å². The largest absolute Gasteiger partial charge is 0.482 e. The van der Waals surface area contributed by atoms with E-state index in [1.54, 1.807) is 0 Å². The Morgan fingerprint density at radius 1 is 1.50 bits per heavy atom. The second kappa shape index (κ2) is 3.98. The monoisotopic (exact) mass is 309 g/mol. The summed E-state index contributed by atoms with van der Waals surface area (Å²) < 4.78 is 5.36. The molecule has 1 fully saturated rings. The summed E-state index contributed by atoms with van der Waals surface area (Å²) >= 11 is 3.78. The lowest BCUT2D eigenvalue weighted by Crippen LogP contribution is -2.25. The molecule has 1 N–H and O–H groups in total. The summed E-state index contributed by atoms with van der Waals surface area (Å²) in [6, 6.07) is 6.03. The van der Waals surface area contributed by atoms with Crippen LogP contribution in [0, 0.1) is 11.3 Å². The Morgan fingerprint density at radius 2 is 2.22 bits per heavy atom. The first-order chi connectivity index (χ1) is 8.47. The zero-order valence-electron chi connectivity index (χ0n) is 10.5. The average Bonchev–Trinajstić information content (AvgIpc) is 2.96. The third-order valence-corrected chi connectivity index (χ3v) is 5.06.